The number of benzene rings is 2. The molecular formula is C32H30B2F6N4O12. The summed E-state index contributed by atoms with van der Waals surface area (Å²) in [5, 5.41) is 36.3. The first kappa shape index (κ1) is 41.8. The standard InChI is InChI=1S/C32H30B2F6N4O12/c1-13(41-27(48)14-6-19(31(35,36)37)17-11-55-33(53)21(17)8-14)26(43-28(49)15-7-20(32(38,39)40)18-12-56-34(54)22(18)9-15)29(50)42-23(30(51)52)3-2-16(45)10-44-24(46)4-5-25(44)47/h6-9,13,23,26,53-54H,2-5,10-12H2,1H3,(H,41,48)(H,42,50)(H,43,49)(H,51,52)/t13-,23-,26-/m0/s1. The summed E-state index contributed by atoms with van der Waals surface area (Å²) < 4.78 is 93.3. The zero-order chi connectivity index (χ0) is 41.4. The lowest BCUT2D eigenvalue weighted by atomic mass is 9.77. The van der Waals surface area contributed by atoms with Gasteiger partial charge in [0.15, 0.2) is 5.78 Å². The molecule has 298 valence electrons. The molecule has 2 aromatic rings. The van der Waals surface area contributed by atoms with Crippen LogP contribution in [-0.2, 0) is 58.8 Å². The van der Waals surface area contributed by atoms with Gasteiger partial charge in [0.25, 0.3) is 11.8 Å². The van der Waals surface area contributed by atoms with Crippen molar-refractivity contribution in [1.82, 2.24) is 20.9 Å². The van der Waals surface area contributed by atoms with E-state index in [0.29, 0.717) is 17.0 Å². The number of carbonyl (C=O) groups excluding carboxylic acids is 6. The molecule has 0 saturated carbocycles. The van der Waals surface area contributed by atoms with E-state index in [0.717, 1.165) is 19.1 Å². The van der Waals surface area contributed by atoms with Gasteiger partial charge in [-0.1, -0.05) is 0 Å². The third-order valence-electron chi connectivity index (χ3n) is 9.25. The van der Waals surface area contributed by atoms with Crippen LogP contribution in [0, 0.1) is 0 Å². The Bertz CT molecular complexity index is 1980. The fourth-order valence-corrected chi connectivity index (χ4v) is 6.32. The summed E-state index contributed by atoms with van der Waals surface area (Å²) in [4.78, 5) is 89.6. The molecule has 3 atom stereocenters. The number of carboxylic acid groups (broad SMARTS) is 1. The SMILES string of the molecule is C[C@H](NC(=O)c1cc2c(c(C(F)(F)F)c1)COB2O)[C@H](NC(=O)c1cc2c(c(C(F)(F)F)c1)COB2O)C(=O)N[C@@H](CCC(=O)CN1C(=O)CCC1=O)C(=O)O. The number of fused-ring (bicyclic) bond motifs is 2. The quantitative estimate of drug-likeness (QED) is 0.0826. The van der Waals surface area contributed by atoms with Gasteiger partial charge < -0.3 is 40.4 Å². The molecule has 0 unspecified atom stereocenters. The summed E-state index contributed by atoms with van der Waals surface area (Å²) >= 11 is 0. The van der Waals surface area contributed by atoms with Gasteiger partial charge >= 0.3 is 32.6 Å². The van der Waals surface area contributed by atoms with Crippen LogP contribution in [0.3, 0.4) is 0 Å². The minimum Gasteiger partial charge on any atom is -0.480 e. The van der Waals surface area contributed by atoms with Gasteiger partial charge in [-0.3, -0.25) is 33.7 Å². The number of nitrogens with zero attached hydrogens (tertiary/aromatic N) is 1. The van der Waals surface area contributed by atoms with Crippen molar-refractivity contribution in [2.45, 2.75) is 76.3 Å². The molecule has 1 saturated heterocycles. The number of nitrogens with one attached hydrogen (secondary N) is 3. The van der Waals surface area contributed by atoms with Crippen LogP contribution < -0.4 is 26.9 Å². The second kappa shape index (κ2) is 16.0. The molecule has 5 amide bonds. The molecule has 3 heterocycles. The van der Waals surface area contributed by atoms with Gasteiger partial charge in [0.05, 0.1) is 36.9 Å². The molecular weight excluding hydrogens is 768 g/mol. The van der Waals surface area contributed by atoms with Crippen LogP contribution >= 0.6 is 0 Å². The smallest absolute Gasteiger partial charge is 0.480 e. The van der Waals surface area contributed by atoms with Crippen molar-refractivity contribution in [1.29, 1.82) is 0 Å². The number of Topliss-reactive ketones (excluding diaryl/α,β-unsaturated/α-hetero) is 1. The van der Waals surface area contributed by atoms with Crippen molar-refractivity contribution in [2.24, 2.45) is 0 Å². The number of hydrogen-bond acceptors (Lipinski definition) is 11. The lowest BCUT2D eigenvalue weighted by Crippen LogP contribution is -2.59. The predicted molar refractivity (Wildman–Crippen MR) is 176 cm³/mol. The lowest BCUT2D eigenvalue weighted by molar-refractivity contribution is -0.144. The molecule has 2 aromatic carbocycles. The van der Waals surface area contributed by atoms with E-state index in [1.807, 2.05) is 5.32 Å². The first-order valence-corrected chi connectivity index (χ1v) is 16.6. The second-order valence-electron chi connectivity index (χ2n) is 13.1. The Kier molecular flexibility index (Phi) is 12.0. The van der Waals surface area contributed by atoms with Crippen molar-refractivity contribution < 1.29 is 84.4 Å². The number of carbonyl (C=O) groups is 7. The number of likely N-dealkylation sites (tertiary alicyclic amines) is 1. The maximum atomic E-state index is 14.0. The highest BCUT2D eigenvalue weighted by Crippen LogP contribution is 2.35. The molecule has 3 aliphatic heterocycles. The number of carboxylic acids is 1. The predicted octanol–water partition coefficient (Wildman–Crippen LogP) is -0.856. The number of halogens is 6. The Morgan fingerprint density at radius 3 is 1.70 bits per heavy atom. The zero-order valence-corrected chi connectivity index (χ0v) is 28.9. The largest absolute Gasteiger partial charge is 0.491 e. The maximum absolute atomic E-state index is 14.0. The summed E-state index contributed by atoms with van der Waals surface area (Å²) in [5.74, 6) is -7.84. The first-order valence-electron chi connectivity index (χ1n) is 16.6. The number of hydrogen-bond donors (Lipinski definition) is 6. The fourth-order valence-electron chi connectivity index (χ4n) is 6.32. The number of ketones is 1. The van der Waals surface area contributed by atoms with E-state index in [4.69, 9.17) is 9.31 Å². The van der Waals surface area contributed by atoms with Gasteiger partial charge in [-0.05, 0) is 59.7 Å². The minimum absolute atomic E-state index is 0.120. The average molecular weight is 798 g/mol. The van der Waals surface area contributed by atoms with Crippen LogP contribution in [0.2, 0.25) is 0 Å². The summed E-state index contributed by atoms with van der Waals surface area (Å²) in [6.07, 6.45) is -11.5. The van der Waals surface area contributed by atoms with E-state index < -0.39 is 157 Å². The topological polar surface area (TPSA) is 238 Å². The van der Waals surface area contributed by atoms with Gasteiger partial charge in [0, 0.05) is 30.4 Å². The van der Waals surface area contributed by atoms with Crippen molar-refractivity contribution in [2.75, 3.05) is 6.54 Å². The molecule has 1 fully saturated rings. The summed E-state index contributed by atoms with van der Waals surface area (Å²) in [6.45, 7) is -0.914. The molecule has 56 heavy (non-hydrogen) atoms. The Morgan fingerprint density at radius 2 is 1.25 bits per heavy atom. The van der Waals surface area contributed by atoms with E-state index in [9.17, 15) is 75.1 Å². The normalized spacial score (nSPS) is 17.0. The Balaban J connectivity index is 1.42. The zero-order valence-electron chi connectivity index (χ0n) is 28.9. The second-order valence-corrected chi connectivity index (χ2v) is 13.1. The van der Waals surface area contributed by atoms with E-state index in [2.05, 4.69) is 10.6 Å². The van der Waals surface area contributed by atoms with Crippen LogP contribution in [0.25, 0.3) is 0 Å². The van der Waals surface area contributed by atoms with E-state index in [-0.39, 0.29) is 18.3 Å². The van der Waals surface area contributed by atoms with Crippen molar-refractivity contribution in [3.63, 3.8) is 0 Å². The summed E-state index contributed by atoms with van der Waals surface area (Å²) in [6, 6.07) is -3.11. The van der Waals surface area contributed by atoms with E-state index in [1.54, 1.807) is 0 Å². The third-order valence-corrected chi connectivity index (χ3v) is 9.25. The molecule has 16 nitrogen and oxygen atoms in total. The third kappa shape index (κ3) is 9.03. The highest BCUT2D eigenvalue weighted by Gasteiger charge is 2.43. The molecule has 0 aliphatic carbocycles. The average Bonchev–Trinajstić information content (AvgIpc) is 3.78. The molecule has 0 radical (unpaired) electrons. The van der Waals surface area contributed by atoms with Gasteiger partial charge in [-0.15, -0.1) is 0 Å². The first-order chi connectivity index (χ1) is 26.1. The lowest BCUT2D eigenvalue weighted by Gasteiger charge is -2.27. The Hall–Kier alpha value is -5.32. The Labute approximate surface area is 312 Å². The van der Waals surface area contributed by atoms with Crippen molar-refractivity contribution >= 4 is 66.5 Å². The van der Waals surface area contributed by atoms with Crippen molar-refractivity contribution in [3.8, 4) is 0 Å². The number of alkyl halides is 6. The number of rotatable bonds is 13. The highest BCUT2D eigenvalue weighted by molar-refractivity contribution is 6.62. The van der Waals surface area contributed by atoms with Gasteiger partial charge in [0.1, 0.15) is 12.1 Å². The highest BCUT2D eigenvalue weighted by atomic mass is 19.4. The van der Waals surface area contributed by atoms with Gasteiger partial charge in [-0.2, -0.15) is 26.3 Å². The monoisotopic (exact) mass is 798 g/mol. The van der Waals surface area contributed by atoms with Crippen LogP contribution in [0.1, 0.15) is 75.6 Å². The number of aliphatic carboxylic acids is 1. The van der Waals surface area contributed by atoms with Crippen LogP contribution in [0.4, 0.5) is 26.3 Å². The van der Waals surface area contributed by atoms with Gasteiger partial charge in [-0.25, -0.2) is 4.79 Å². The molecule has 0 spiro atoms. The van der Waals surface area contributed by atoms with E-state index in [1.165, 1.54) is 0 Å². The summed E-state index contributed by atoms with van der Waals surface area (Å²) in [5.41, 5.74) is -5.90. The van der Waals surface area contributed by atoms with Crippen LogP contribution in [-0.4, -0.2) is 100 Å². The summed E-state index contributed by atoms with van der Waals surface area (Å²) in [7, 11) is -3.70. The molecule has 24 heteroatoms. The maximum Gasteiger partial charge on any atom is 0.491 e. The molecule has 3 aliphatic rings. The number of imide groups is 1. The van der Waals surface area contributed by atoms with E-state index >= 15 is 0 Å². The minimum atomic E-state index is -5.06. The Morgan fingerprint density at radius 1 is 0.786 bits per heavy atom. The fraction of sp³-hybridized carbons (Fsp3) is 0.406. The van der Waals surface area contributed by atoms with Crippen LogP contribution in [0.15, 0.2) is 24.3 Å². The van der Waals surface area contributed by atoms with Gasteiger partial charge in [0.2, 0.25) is 17.7 Å². The van der Waals surface area contributed by atoms with Crippen LogP contribution in [0.5, 0.6) is 0 Å². The number of amides is 5. The molecule has 5 rings (SSSR count). The molecule has 0 bridgehead atoms. The molecule has 0 aromatic heterocycles. The molecule has 6 N–H and O–H groups in total. The van der Waals surface area contributed by atoms with Crippen molar-refractivity contribution in [3.05, 3.63) is 57.6 Å².